The average molecular weight is 224 g/mol. The quantitative estimate of drug-likeness (QED) is 0.830. The number of hydrogen-bond donors (Lipinski definition) is 1. The molecule has 0 spiro atoms. The molecule has 0 bridgehead atoms. The summed E-state index contributed by atoms with van der Waals surface area (Å²) in [5.74, 6) is 0. The van der Waals surface area contributed by atoms with Gasteiger partial charge in [-0.1, -0.05) is 6.92 Å². The van der Waals surface area contributed by atoms with Crippen LogP contribution in [0.1, 0.15) is 18.2 Å². The van der Waals surface area contributed by atoms with E-state index in [1.807, 2.05) is 6.92 Å². The van der Waals surface area contributed by atoms with Crippen molar-refractivity contribution < 1.29 is 4.79 Å². The normalized spacial score (nSPS) is 9.47. The SMILES string of the molecule is CCc1nsc(NC(=O)N(C)C)c1C#N. The van der Waals surface area contributed by atoms with Gasteiger partial charge in [-0.05, 0) is 18.0 Å². The van der Waals surface area contributed by atoms with Crippen LogP contribution in [0.3, 0.4) is 0 Å². The molecule has 0 aliphatic rings. The van der Waals surface area contributed by atoms with Crippen molar-refractivity contribution in [2.45, 2.75) is 13.3 Å². The zero-order valence-corrected chi connectivity index (χ0v) is 9.68. The van der Waals surface area contributed by atoms with Crippen LogP contribution in [0.25, 0.3) is 0 Å². The van der Waals surface area contributed by atoms with Gasteiger partial charge in [-0.3, -0.25) is 5.32 Å². The van der Waals surface area contributed by atoms with E-state index in [1.54, 1.807) is 14.1 Å². The van der Waals surface area contributed by atoms with Crippen molar-refractivity contribution in [2.75, 3.05) is 19.4 Å². The number of nitriles is 1. The van der Waals surface area contributed by atoms with Crippen LogP contribution in [0.4, 0.5) is 9.80 Å². The Kier molecular flexibility index (Phi) is 3.63. The van der Waals surface area contributed by atoms with Crippen LogP contribution in [0.2, 0.25) is 0 Å². The molecule has 0 aromatic carbocycles. The van der Waals surface area contributed by atoms with Crippen molar-refractivity contribution in [1.82, 2.24) is 9.27 Å². The molecule has 0 radical (unpaired) electrons. The number of rotatable bonds is 2. The van der Waals surface area contributed by atoms with Crippen LogP contribution in [-0.2, 0) is 6.42 Å². The monoisotopic (exact) mass is 224 g/mol. The molecule has 0 saturated heterocycles. The molecule has 0 aliphatic heterocycles. The summed E-state index contributed by atoms with van der Waals surface area (Å²) in [6, 6.07) is 1.80. The maximum atomic E-state index is 11.4. The first-order chi connectivity index (χ1) is 7.10. The van der Waals surface area contributed by atoms with Gasteiger partial charge < -0.3 is 4.90 Å². The summed E-state index contributed by atoms with van der Waals surface area (Å²) in [6.07, 6.45) is 0.692. The number of nitrogens with one attached hydrogen (secondary N) is 1. The summed E-state index contributed by atoms with van der Waals surface area (Å²) < 4.78 is 4.10. The minimum absolute atomic E-state index is 0.252. The standard InChI is InChI=1S/C9H12N4OS/c1-4-7-6(5-10)8(15-12-7)11-9(14)13(2)3/h4H2,1-3H3,(H,11,14). The lowest BCUT2D eigenvalue weighted by molar-refractivity contribution is 0.231. The topological polar surface area (TPSA) is 69.0 Å². The van der Waals surface area contributed by atoms with E-state index in [-0.39, 0.29) is 6.03 Å². The van der Waals surface area contributed by atoms with E-state index in [0.29, 0.717) is 17.0 Å². The molecule has 0 saturated carbocycles. The van der Waals surface area contributed by atoms with Gasteiger partial charge in [0, 0.05) is 14.1 Å². The Labute approximate surface area is 92.5 Å². The molecule has 0 fully saturated rings. The number of amides is 2. The molecule has 1 heterocycles. The molecule has 15 heavy (non-hydrogen) atoms. The molecule has 6 heteroatoms. The van der Waals surface area contributed by atoms with Crippen molar-refractivity contribution >= 4 is 22.6 Å². The Balaban J connectivity index is 2.92. The lowest BCUT2D eigenvalue weighted by atomic mass is 10.2. The lowest BCUT2D eigenvalue weighted by Gasteiger charge is -2.10. The first-order valence-electron chi connectivity index (χ1n) is 4.47. The van der Waals surface area contributed by atoms with E-state index in [9.17, 15) is 4.79 Å². The van der Waals surface area contributed by atoms with Crippen LogP contribution in [-0.4, -0.2) is 29.4 Å². The number of aromatic nitrogens is 1. The highest BCUT2D eigenvalue weighted by molar-refractivity contribution is 7.10. The van der Waals surface area contributed by atoms with Crippen LogP contribution < -0.4 is 5.32 Å². The summed E-state index contributed by atoms with van der Waals surface area (Å²) >= 11 is 1.14. The molecule has 1 N–H and O–H groups in total. The zero-order valence-electron chi connectivity index (χ0n) is 8.87. The molecule has 0 atom stereocenters. The second-order valence-electron chi connectivity index (χ2n) is 3.12. The predicted octanol–water partition coefficient (Wildman–Crippen LogP) is 1.67. The number of carbonyl (C=O) groups excluding carboxylic acids is 1. The van der Waals surface area contributed by atoms with Gasteiger partial charge in [0.2, 0.25) is 0 Å². The molecule has 0 unspecified atom stereocenters. The fraction of sp³-hybridized carbons (Fsp3) is 0.444. The van der Waals surface area contributed by atoms with E-state index in [1.165, 1.54) is 4.90 Å². The molecule has 0 aliphatic carbocycles. The zero-order chi connectivity index (χ0) is 11.4. The first kappa shape index (κ1) is 11.5. The van der Waals surface area contributed by atoms with Gasteiger partial charge in [0.15, 0.2) is 0 Å². The van der Waals surface area contributed by atoms with Gasteiger partial charge in [-0.2, -0.15) is 9.64 Å². The van der Waals surface area contributed by atoms with Gasteiger partial charge in [-0.15, -0.1) is 0 Å². The molecule has 1 rings (SSSR count). The molecule has 80 valence electrons. The smallest absolute Gasteiger partial charge is 0.322 e. The highest BCUT2D eigenvalue weighted by Crippen LogP contribution is 2.24. The van der Waals surface area contributed by atoms with Gasteiger partial charge in [0.05, 0.1) is 5.69 Å². The maximum Gasteiger partial charge on any atom is 0.322 e. The number of hydrogen-bond acceptors (Lipinski definition) is 4. The second-order valence-corrected chi connectivity index (χ2v) is 3.90. The first-order valence-corrected chi connectivity index (χ1v) is 5.24. The van der Waals surface area contributed by atoms with E-state index < -0.39 is 0 Å². The minimum Gasteiger partial charge on any atom is -0.331 e. The minimum atomic E-state index is -0.252. The van der Waals surface area contributed by atoms with Gasteiger partial charge in [0.1, 0.15) is 16.6 Å². The number of aryl methyl sites for hydroxylation is 1. The Hall–Kier alpha value is -1.61. The Bertz CT molecular complexity index is 405. The molecule has 1 aromatic heterocycles. The number of carbonyl (C=O) groups is 1. The highest BCUT2D eigenvalue weighted by Gasteiger charge is 2.14. The van der Waals surface area contributed by atoms with E-state index in [4.69, 9.17) is 5.26 Å². The summed E-state index contributed by atoms with van der Waals surface area (Å²) in [6.45, 7) is 1.92. The number of anilines is 1. The van der Waals surface area contributed by atoms with Crippen molar-refractivity contribution in [2.24, 2.45) is 0 Å². The third-order valence-corrected chi connectivity index (χ3v) is 2.64. The Morgan fingerprint density at radius 3 is 2.80 bits per heavy atom. The van der Waals surface area contributed by atoms with Crippen molar-refractivity contribution in [3.05, 3.63) is 11.3 Å². The third-order valence-electron chi connectivity index (χ3n) is 1.84. The number of urea groups is 1. The second kappa shape index (κ2) is 4.75. The van der Waals surface area contributed by atoms with E-state index in [0.717, 1.165) is 17.2 Å². The summed E-state index contributed by atoms with van der Waals surface area (Å²) in [4.78, 5) is 12.8. The molecular formula is C9H12N4OS. The third kappa shape index (κ3) is 2.44. The highest BCUT2D eigenvalue weighted by atomic mass is 32.1. The van der Waals surface area contributed by atoms with Gasteiger partial charge in [0.25, 0.3) is 0 Å². The average Bonchev–Trinajstić information content (AvgIpc) is 2.59. The van der Waals surface area contributed by atoms with E-state index >= 15 is 0 Å². The van der Waals surface area contributed by atoms with Crippen LogP contribution in [0.5, 0.6) is 0 Å². The van der Waals surface area contributed by atoms with Crippen LogP contribution in [0.15, 0.2) is 0 Å². The predicted molar refractivity (Wildman–Crippen MR) is 58.9 cm³/mol. The van der Waals surface area contributed by atoms with Gasteiger partial charge in [-0.25, -0.2) is 4.79 Å². The molecule has 2 amide bonds. The molecule has 1 aromatic rings. The number of nitrogens with zero attached hydrogens (tertiary/aromatic N) is 3. The lowest BCUT2D eigenvalue weighted by Crippen LogP contribution is -2.27. The molecular weight excluding hydrogens is 212 g/mol. The van der Waals surface area contributed by atoms with Crippen LogP contribution in [0, 0.1) is 11.3 Å². The van der Waals surface area contributed by atoms with Crippen molar-refractivity contribution in [1.29, 1.82) is 5.26 Å². The van der Waals surface area contributed by atoms with Crippen molar-refractivity contribution in [3.63, 3.8) is 0 Å². The Morgan fingerprint density at radius 1 is 1.67 bits per heavy atom. The fourth-order valence-corrected chi connectivity index (χ4v) is 1.78. The largest absolute Gasteiger partial charge is 0.331 e. The maximum absolute atomic E-state index is 11.4. The molecule has 5 nitrogen and oxygen atoms in total. The Morgan fingerprint density at radius 2 is 2.33 bits per heavy atom. The summed E-state index contributed by atoms with van der Waals surface area (Å²) in [7, 11) is 3.28. The van der Waals surface area contributed by atoms with E-state index in [2.05, 4.69) is 15.8 Å². The van der Waals surface area contributed by atoms with Crippen molar-refractivity contribution in [3.8, 4) is 6.07 Å². The van der Waals surface area contributed by atoms with Crippen LogP contribution >= 0.6 is 11.5 Å². The fourth-order valence-electron chi connectivity index (χ4n) is 0.974. The summed E-state index contributed by atoms with van der Waals surface area (Å²) in [5, 5.41) is 12.1. The summed E-state index contributed by atoms with van der Waals surface area (Å²) in [5.41, 5.74) is 1.20. The van der Waals surface area contributed by atoms with Gasteiger partial charge >= 0.3 is 6.03 Å².